The highest BCUT2D eigenvalue weighted by Gasteiger charge is 2.36. The molecule has 1 heterocycles. The highest BCUT2D eigenvalue weighted by atomic mass is 16.3. The van der Waals surface area contributed by atoms with Crippen molar-refractivity contribution in [1.82, 2.24) is 0 Å². The molecule has 0 aromatic rings. The average molecular weight is 408 g/mol. The van der Waals surface area contributed by atoms with Gasteiger partial charge in [-0.3, -0.25) is 4.48 Å². The van der Waals surface area contributed by atoms with E-state index in [1.165, 1.54) is 103 Å². The molecule has 0 amide bonds. The fourth-order valence-electron chi connectivity index (χ4n) is 4.63. The van der Waals surface area contributed by atoms with Gasteiger partial charge >= 0.3 is 0 Å². The van der Waals surface area contributed by atoms with Crippen LogP contribution in [0.3, 0.4) is 0 Å². The van der Waals surface area contributed by atoms with Gasteiger partial charge in [0.15, 0.2) is 6.17 Å². The molecule has 1 aliphatic heterocycles. The third kappa shape index (κ3) is 11.9. The first kappa shape index (κ1) is 26.4. The molecular weight excluding hydrogens is 356 g/mol. The van der Waals surface area contributed by atoms with Gasteiger partial charge in [-0.2, -0.15) is 0 Å². The van der Waals surface area contributed by atoms with Crippen LogP contribution in [0.5, 0.6) is 0 Å². The summed E-state index contributed by atoms with van der Waals surface area (Å²) in [5.41, 5.74) is 0. The van der Waals surface area contributed by atoms with E-state index in [1.54, 1.807) is 0 Å². The van der Waals surface area contributed by atoms with Crippen LogP contribution in [-0.2, 0) is 0 Å². The molecule has 0 aliphatic carbocycles. The van der Waals surface area contributed by atoms with Crippen LogP contribution in [0, 0.1) is 0 Å². The van der Waals surface area contributed by atoms with Crippen molar-refractivity contribution in [2.75, 3.05) is 26.2 Å². The van der Waals surface area contributed by atoms with Crippen molar-refractivity contribution in [3.63, 3.8) is 0 Å². The van der Waals surface area contributed by atoms with Gasteiger partial charge in [0.1, 0.15) is 13.1 Å². The number of hydrogen-bond donors (Lipinski definition) is 1. The van der Waals surface area contributed by atoms with Gasteiger partial charge in [-0.15, -0.1) is 0 Å². The van der Waals surface area contributed by atoms with Crippen LogP contribution in [0.2, 0.25) is 0 Å². The number of allylic oxidation sites excluding steroid dienone is 2. The van der Waals surface area contributed by atoms with Crippen molar-refractivity contribution >= 4 is 6.21 Å². The van der Waals surface area contributed by atoms with E-state index in [-0.39, 0.29) is 6.61 Å². The molecule has 2 atom stereocenters. The minimum absolute atomic E-state index is 0.279. The first-order valence-electron chi connectivity index (χ1n) is 12.9. The highest BCUT2D eigenvalue weighted by Crippen LogP contribution is 2.24. The predicted molar refractivity (Wildman–Crippen MR) is 129 cm³/mol. The number of aliphatic hydroxyl groups excluding tert-OH is 1. The molecule has 1 aliphatic rings. The fourth-order valence-corrected chi connectivity index (χ4v) is 4.63. The van der Waals surface area contributed by atoms with E-state index in [0.29, 0.717) is 6.17 Å². The van der Waals surface area contributed by atoms with Crippen molar-refractivity contribution in [3.05, 3.63) is 12.2 Å². The van der Waals surface area contributed by atoms with E-state index in [2.05, 4.69) is 32.2 Å². The summed E-state index contributed by atoms with van der Waals surface area (Å²) in [4.78, 5) is 4.72. The number of nitrogens with zero attached hydrogens (tertiary/aromatic N) is 2. The van der Waals surface area contributed by atoms with Gasteiger partial charge in [0.25, 0.3) is 0 Å². The molecule has 0 aromatic heterocycles. The maximum absolute atomic E-state index is 9.39. The van der Waals surface area contributed by atoms with Gasteiger partial charge in [0.2, 0.25) is 0 Å². The van der Waals surface area contributed by atoms with E-state index in [1.807, 2.05) is 0 Å². The Hall–Kier alpha value is -0.670. The molecule has 29 heavy (non-hydrogen) atoms. The van der Waals surface area contributed by atoms with Crippen LogP contribution in [0.25, 0.3) is 0 Å². The summed E-state index contributed by atoms with van der Waals surface area (Å²) < 4.78 is 0.974. The topological polar surface area (TPSA) is 32.6 Å². The summed E-state index contributed by atoms with van der Waals surface area (Å²) in [5, 5.41) is 9.39. The molecule has 0 spiro atoms. The maximum Gasteiger partial charge on any atom is 0.182 e. The van der Waals surface area contributed by atoms with E-state index < -0.39 is 0 Å². The third-order valence-corrected chi connectivity index (χ3v) is 6.75. The smallest absolute Gasteiger partial charge is 0.182 e. The lowest BCUT2D eigenvalue weighted by molar-refractivity contribution is -0.936. The second-order valence-electron chi connectivity index (χ2n) is 9.06. The van der Waals surface area contributed by atoms with Crippen LogP contribution >= 0.6 is 0 Å². The van der Waals surface area contributed by atoms with E-state index >= 15 is 0 Å². The van der Waals surface area contributed by atoms with Crippen LogP contribution in [0.4, 0.5) is 0 Å². The Labute approximate surface area is 182 Å². The quantitative estimate of drug-likeness (QED) is 0.131. The van der Waals surface area contributed by atoms with E-state index in [0.717, 1.165) is 24.1 Å². The number of aliphatic hydroxyl groups is 1. The molecule has 3 nitrogen and oxygen atoms in total. The van der Waals surface area contributed by atoms with Gasteiger partial charge in [-0.1, -0.05) is 83.3 Å². The number of hydrogen-bond acceptors (Lipinski definition) is 2. The second kappa shape index (κ2) is 18.1. The molecule has 0 radical (unpaired) electrons. The Balaban J connectivity index is 1.88. The number of unbranched alkanes of at least 4 members (excludes halogenated alkanes) is 13. The highest BCUT2D eigenvalue weighted by molar-refractivity contribution is 5.60. The predicted octanol–water partition coefficient (Wildman–Crippen LogP) is 7.04. The third-order valence-electron chi connectivity index (χ3n) is 6.75. The number of likely N-dealkylation sites (N-methyl/N-ethyl adjacent to an activating group) is 1. The fraction of sp³-hybridized carbons (Fsp3) is 0.885. The summed E-state index contributed by atoms with van der Waals surface area (Å²) in [5.74, 6) is 0. The molecule has 1 N–H and O–H groups in total. The van der Waals surface area contributed by atoms with Crippen molar-refractivity contribution in [2.45, 2.75) is 123 Å². The van der Waals surface area contributed by atoms with Crippen LogP contribution in [-0.4, -0.2) is 48.2 Å². The Morgan fingerprint density at radius 3 is 1.93 bits per heavy atom. The lowest BCUT2D eigenvalue weighted by Crippen LogP contribution is -2.53. The Morgan fingerprint density at radius 1 is 0.828 bits per heavy atom. The number of quaternary nitrogens is 1. The largest absolute Gasteiger partial charge is 0.391 e. The molecule has 0 aromatic carbocycles. The van der Waals surface area contributed by atoms with Crippen LogP contribution < -0.4 is 0 Å². The first-order valence-corrected chi connectivity index (χ1v) is 12.9. The van der Waals surface area contributed by atoms with Crippen molar-refractivity contribution in [1.29, 1.82) is 0 Å². The standard InChI is InChI=1S/C26H51N2O/c1-3-5-6-7-8-9-10-11-12-13-14-15-16-17-18-19-20-21-26-27-22-23-28(26,4-2)24-25-29/h12-13,22,26,29H,3-11,14-21,23-25H2,1-2H3/q+1/b13-12+. The minimum Gasteiger partial charge on any atom is -0.391 e. The molecule has 2 unspecified atom stereocenters. The normalized spacial score (nSPS) is 21.6. The maximum atomic E-state index is 9.39. The van der Waals surface area contributed by atoms with Crippen molar-refractivity contribution in [2.24, 2.45) is 4.99 Å². The summed E-state index contributed by atoms with van der Waals surface area (Å²) in [6, 6.07) is 0. The molecule has 0 bridgehead atoms. The zero-order valence-electron chi connectivity index (χ0n) is 19.8. The molecule has 170 valence electrons. The molecule has 0 saturated heterocycles. The van der Waals surface area contributed by atoms with Crippen LogP contribution in [0.1, 0.15) is 117 Å². The molecular formula is C26H51N2O+. The van der Waals surface area contributed by atoms with Gasteiger partial charge in [0.05, 0.1) is 19.4 Å². The Kier molecular flexibility index (Phi) is 16.5. The summed E-state index contributed by atoms with van der Waals surface area (Å²) in [7, 11) is 0. The van der Waals surface area contributed by atoms with Crippen molar-refractivity contribution < 1.29 is 9.59 Å². The molecule has 3 heteroatoms. The average Bonchev–Trinajstić information content (AvgIpc) is 3.13. The van der Waals surface area contributed by atoms with Crippen molar-refractivity contribution in [3.8, 4) is 0 Å². The Morgan fingerprint density at radius 2 is 1.38 bits per heavy atom. The molecule has 1 rings (SSSR count). The second-order valence-corrected chi connectivity index (χ2v) is 9.06. The molecule has 0 fully saturated rings. The summed E-state index contributed by atoms with van der Waals surface area (Å²) in [6.07, 6.45) is 29.0. The van der Waals surface area contributed by atoms with Gasteiger partial charge < -0.3 is 5.11 Å². The summed E-state index contributed by atoms with van der Waals surface area (Å²) in [6.45, 7) is 7.74. The Bertz CT molecular complexity index is 421. The number of aliphatic imine (C=N–C) groups is 1. The van der Waals surface area contributed by atoms with Crippen LogP contribution in [0.15, 0.2) is 17.1 Å². The SMILES string of the molecule is CCCCCCCCC/C=C/CCCCCCCCC1N=CC[N+]1(CC)CCO. The number of rotatable bonds is 20. The lowest BCUT2D eigenvalue weighted by atomic mass is 10.1. The van der Waals surface area contributed by atoms with E-state index in [4.69, 9.17) is 4.99 Å². The van der Waals surface area contributed by atoms with Gasteiger partial charge in [-0.05, 0) is 39.0 Å². The summed E-state index contributed by atoms with van der Waals surface area (Å²) >= 11 is 0. The molecule has 0 saturated carbocycles. The first-order chi connectivity index (χ1) is 14.3. The minimum atomic E-state index is 0.279. The van der Waals surface area contributed by atoms with Gasteiger partial charge in [0, 0.05) is 6.42 Å². The monoisotopic (exact) mass is 407 g/mol. The van der Waals surface area contributed by atoms with Gasteiger partial charge in [-0.25, -0.2) is 4.99 Å². The zero-order valence-corrected chi connectivity index (χ0v) is 19.8. The zero-order chi connectivity index (χ0) is 21.0. The van der Waals surface area contributed by atoms with E-state index in [9.17, 15) is 5.11 Å². The lowest BCUT2D eigenvalue weighted by Gasteiger charge is -2.37.